The monoisotopic (exact) mass is 567 g/mol. The van der Waals surface area contributed by atoms with Crippen LogP contribution < -0.4 is 5.73 Å². The molecule has 4 aromatic heterocycles. The molecule has 2 N–H and O–H groups in total. The number of halogens is 3. The van der Waals surface area contributed by atoms with Crippen molar-refractivity contribution in [3.63, 3.8) is 0 Å². The van der Waals surface area contributed by atoms with E-state index in [0.29, 0.717) is 11.0 Å². The van der Waals surface area contributed by atoms with Gasteiger partial charge < -0.3 is 5.73 Å². The zero-order chi connectivity index (χ0) is 17.4. The molecule has 4 heterocycles. The summed E-state index contributed by atoms with van der Waals surface area (Å²) in [5.74, 6) is 2.39. The SMILES string of the molecule is Cc1nc(I)c2c(Cl)nccn12.Cc1nc(I)c2c(N)nccn12. The fourth-order valence-electron chi connectivity index (χ4n) is 2.27. The summed E-state index contributed by atoms with van der Waals surface area (Å²) < 4.78 is 5.65. The highest BCUT2D eigenvalue weighted by molar-refractivity contribution is 14.1. The van der Waals surface area contributed by atoms with Gasteiger partial charge in [-0.05, 0) is 59.0 Å². The summed E-state index contributed by atoms with van der Waals surface area (Å²) in [6, 6.07) is 0. The minimum absolute atomic E-state index is 0.502. The molecular weight excluding hydrogens is 555 g/mol. The summed E-state index contributed by atoms with van der Waals surface area (Å²) in [4.78, 5) is 16.5. The van der Waals surface area contributed by atoms with Gasteiger partial charge in [0, 0.05) is 24.8 Å². The van der Waals surface area contributed by atoms with Crippen molar-refractivity contribution in [3.05, 3.63) is 49.0 Å². The Morgan fingerprint density at radius 2 is 1.42 bits per heavy atom. The molecule has 0 unspecified atom stereocenters. The number of imidazole rings is 2. The van der Waals surface area contributed by atoms with Gasteiger partial charge >= 0.3 is 0 Å². The van der Waals surface area contributed by atoms with Crippen LogP contribution in [0.2, 0.25) is 5.15 Å². The van der Waals surface area contributed by atoms with Crippen LogP contribution in [0.3, 0.4) is 0 Å². The van der Waals surface area contributed by atoms with Crippen molar-refractivity contribution in [2.75, 3.05) is 5.73 Å². The summed E-state index contributed by atoms with van der Waals surface area (Å²) in [5, 5.41) is 0.502. The molecule has 0 aliphatic heterocycles. The summed E-state index contributed by atoms with van der Waals surface area (Å²) in [7, 11) is 0. The minimum Gasteiger partial charge on any atom is -0.382 e. The molecule has 0 amide bonds. The lowest BCUT2D eigenvalue weighted by Crippen LogP contribution is -1.95. The maximum atomic E-state index is 5.90. The highest BCUT2D eigenvalue weighted by atomic mass is 127. The molecule has 0 bridgehead atoms. The number of nitrogens with two attached hydrogens (primary N) is 1. The molecule has 0 aliphatic carbocycles. The number of aromatic nitrogens is 6. The number of hydrogen-bond donors (Lipinski definition) is 1. The van der Waals surface area contributed by atoms with E-state index in [4.69, 9.17) is 17.3 Å². The van der Waals surface area contributed by atoms with Gasteiger partial charge in [-0.25, -0.2) is 19.9 Å². The quantitative estimate of drug-likeness (QED) is 0.329. The number of nitrogens with zero attached hydrogens (tertiary/aromatic N) is 6. The zero-order valence-corrected chi connectivity index (χ0v) is 17.8. The molecule has 7 nitrogen and oxygen atoms in total. The second-order valence-corrected chi connectivity index (χ2v) is 7.27. The third-order valence-corrected chi connectivity index (χ3v) is 5.14. The van der Waals surface area contributed by atoms with E-state index < -0.39 is 0 Å². The van der Waals surface area contributed by atoms with Gasteiger partial charge in [0.1, 0.15) is 30.1 Å². The van der Waals surface area contributed by atoms with E-state index in [2.05, 4.69) is 65.1 Å². The smallest absolute Gasteiger partial charge is 0.155 e. The van der Waals surface area contributed by atoms with Crippen LogP contribution in [0, 0.1) is 21.2 Å². The van der Waals surface area contributed by atoms with Crippen molar-refractivity contribution in [2.24, 2.45) is 0 Å². The van der Waals surface area contributed by atoms with E-state index >= 15 is 0 Å². The molecule has 0 aromatic carbocycles. The first-order valence-electron chi connectivity index (χ1n) is 6.79. The molecule has 0 aliphatic rings. The summed E-state index contributed by atoms with van der Waals surface area (Å²) in [6.45, 7) is 3.88. The van der Waals surface area contributed by atoms with E-state index in [9.17, 15) is 0 Å². The van der Waals surface area contributed by atoms with Crippen LogP contribution in [-0.2, 0) is 0 Å². The van der Waals surface area contributed by atoms with Gasteiger partial charge in [0.25, 0.3) is 0 Å². The van der Waals surface area contributed by atoms with Crippen LogP contribution in [0.15, 0.2) is 24.8 Å². The number of fused-ring (bicyclic) bond motifs is 2. The van der Waals surface area contributed by atoms with Gasteiger partial charge in [0.15, 0.2) is 11.0 Å². The van der Waals surface area contributed by atoms with Gasteiger partial charge in [-0.3, -0.25) is 8.80 Å². The standard InChI is InChI=1S/C7H5ClIN3.C7H7IN4/c1-4-11-7(9)5-6(8)10-2-3-12(4)5;1-4-11-6(8)5-7(9)10-2-3-12(4)5/h2-3H,1H3;2-3H,1H3,(H2,9,10). The Morgan fingerprint density at radius 1 is 0.917 bits per heavy atom. The highest BCUT2D eigenvalue weighted by Gasteiger charge is 2.09. The Balaban J connectivity index is 0.000000141. The largest absolute Gasteiger partial charge is 0.382 e. The zero-order valence-electron chi connectivity index (χ0n) is 12.7. The van der Waals surface area contributed by atoms with Crippen molar-refractivity contribution in [1.29, 1.82) is 0 Å². The van der Waals surface area contributed by atoms with Gasteiger partial charge in [0.2, 0.25) is 0 Å². The molecule has 0 atom stereocenters. The number of hydrogen-bond acceptors (Lipinski definition) is 5. The number of nitrogen functional groups attached to an aromatic ring is 1. The number of aryl methyl sites for hydroxylation is 2. The first-order valence-corrected chi connectivity index (χ1v) is 9.33. The average Bonchev–Trinajstić information content (AvgIpc) is 2.99. The van der Waals surface area contributed by atoms with Crippen LogP contribution in [0.1, 0.15) is 11.6 Å². The molecule has 24 heavy (non-hydrogen) atoms. The Hall–Kier alpha value is -1.21. The van der Waals surface area contributed by atoms with Crippen molar-refractivity contribution >= 4 is 73.6 Å². The highest BCUT2D eigenvalue weighted by Crippen LogP contribution is 2.21. The van der Waals surface area contributed by atoms with E-state index in [1.807, 2.05) is 35.0 Å². The third kappa shape index (κ3) is 3.16. The fourth-order valence-corrected chi connectivity index (χ4v) is 4.41. The van der Waals surface area contributed by atoms with Gasteiger partial charge in [-0.15, -0.1) is 0 Å². The van der Waals surface area contributed by atoms with Gasteiger partial charge in [-0.1, -0.05) is 11.6 Å². The van der Waals surface area contributed by atoms with Crippen molar-refractivity contribution in [3.8, 4) is 0 Å². The molecule has 0 saturated heterocycles. The second kappa shape index (κ2) is 6.96. The van der Waals surface area contributed by atoms with Crippen LogP contribution in [0.4, 0.5) is 5.82 Å². The Kier molecular flexibility index (Phi) is 5.11. The van der Waals surface area contributed by atoms with E-state index in [1.54, 1.807) is 12.4 Å². The van der Waals surface area contributed by atoms with E-state index in [1.165, 1.54) is 0 Å². The molecular formula is C14H12ClI2N7. The average molecular weight is 568 g/mol. The predicted molar refractivity (Wildman–Crippen MR) is 110 cm³/mol. The second-order valence-electron chi connectivity index (χ2n) is 4.87. The fraction of sp³-hybridized carbons (Fsp3) is 0.143. The lowest BCUT2D eigenvalue weighted by molar-refractivity contribution is 1.03. The Morgan fingerprint density at radius 3 is 1.96 bits per heavy atom. The van der Waals surface area contributed by atoms with Crippen molar-refractivity contribution in [1.82, 2.24) is 28.7 Å². The molecule has 10 heteroatoms. The first-order chi connectivity index (χ1) is 11.4. The van der Waals surface area contributed by atoms with Gasteiger partial charge in [-0.2, -0.15) is 0 Å². The number of anilines is 1. The molecule has 0 spiro atoms. The maximum absolute atomic E-state index is 5.90. The molecule has 4 rings (SSSR count). The van der Waals surface area contributed by atoms with Crippen LogP contribution >= 0.6 is 56.8 Å². The summed E-state index contributed by atoms with van der Waals surface area (Å²) in [5.41, 5.74) is 7.48. The molecule has 124 valence electrons. The van der Waals surface area contributed by atoms with Crippen LogP contribution in [0.25, 0.3) is 11.0 Å². The third-order valence-electron chi connectivity index (χ3n) is 3.36. The topological polar surface area (TPSA) is 86.4 Å². The van der Waals surface area contributed by atoms with Crippen LogP contribution in [0.5, 0.6) is 0 Å². The minimum atomic E-state index is 0.502. The van der Waals surface area contributed by atoms with Crippen molar-refractivity contribution < 1.29 is 0 Å². The predicted octanol–water partition coefficient (Wildman–Crippen LogP) is 3.52. The van der Waals surface area contributed by atoms with Crippen molar-refractivity contribution in [2.45, 2.75) is 13.8 Å². The Labute approximate surface area is 170 Å². The molecule has 0 saturated carbocycles. The normalized spacial score (nSPS) is 10.9. The lowest BCUT2D eigenvalue weighted by Gasteiger charge is -1.97. The summed E-state index contributed by atoms with van der Waals surface area (Å²) >= 11 is 10.2. The summed E-state index contributed by atoms with van der Waals surface area (Å²) in [6.07, 6.45) is 7.05. The first kappa shape index (κ1) is 17.6. The molecule has 0 radical (unpaired) electrons. The Bertz CT molecular complexity index is 957. The van der Waals surface area contributed by atoms with E-state index in [0.717, 1.165) is 30.1 Å². The van der Waals surface area contributed by atoms with Gasteiger partial charge in [0.05, 0.1) is 0 Å². The lowest BCUT2D eigenvalue weighted by atomic mass is 10.5. The number of rotatable bonds is 0. The molecule has 4 aromatic rings. The van der Waals surface area contributed by atoms with Crippen LogP contribution in [-0.4, -0.2) is 28.7 Å². The maximum Gasteiger partial charge on any atom is 0.155 e. The van der Waals surface area contributed by atoms with E-state index in [-0.39, 0.29) is 0 Å². The molecule has 0 fully saturated rings.